The van der Waals surface area contributed by atoms with E-state index in [0.717, 1.165) is 22.4 Å². The van der Waals surface area contributed by atoms with Crippen LogP contribution in [0.1, 0.15) is 32.9 Å². The Morgan fingerprint density at radius 3 is 2.56 bits per heavy atom. The van der Waals surface area contributed by atoms with E-state index >= 15 is 0 Å². The fraction of sp³-hybridized carbons (Fsp3) is 0.0952. The van der Waals surface area contributed by atoms with Gasteiger partial charge in [-0.25, -0.2) is 4.79 Å². The number of carbonyl (C=O) groups is 2. The fourth-order valence-corrected chi connectivity index (χ4v) is 3.54. The number of hydrogen-bond acceptors (Lipinski definition) is 3. The van der Waals surface area contributed by atoms with E-state index in [1.807, 2.05) is 30.3 Å². The van der Waals surface area contributed by atoms with Crippen molar-refractivity contribution >= 4 is 29.2 Å². The van der Waals surface area contributed by atoms with Crippen molar-refractivity contribution in [3.05, 3.63) is 70.8 Å². The van der Waals surface area contributed by atoms with Gasteiger partial charge in [-0.1, -0.05) is 12.1 Å². The first-order valence-electron chi connectivity index (χ1n) is 8.46. The number of nitrogens with zero attached hydrogens (tertiary/aromatic N) is 1. The molecule has 3 N–H and O–H groups in total. The normalized spacial score (nSPS) is 14.3. The molecular formula is C21H17N3O3. The largest absolute Gasteiger partial charge is 0.478 e. The predicted molar refractivity (Wildman–Crippen MR) is 103 cm³/mol. The number of aromatic carboxylic acids is 1. The topological polar surface area (TPSA) is 95.1 Å². The van der Waals surface area contributed by atoms with Crippen molar-refractivity contribution in [3.63, 3.8) is 0 Å². The number of amides is 1. The quantitative estimate of drug-likeness (QED) is 0.618. The second-order valence-corrected chi connectivity index (χ2v) is 6.44. The molecule has 3 aromatic rings. The Morgan fingerprint density at radius 2 is 1.89 bits per heavy atom. The van der Waals surface area contributed by atoms with Gasteiger partial charge in [0, 0.05) is 35.0 Å². The number of pyridine rings is 1. The van der Waals surface area contributed by atoms with E-state index in [9.17, 15) is 14.7 Å². The number of aromatic amines is 1. The molecule has 3 heterocycles. The minimum Gasteiger partial charge on any atom is -0.478 e. The Balaban J connectivity index is 1.91. The third-order valence-electron chi connectivity index (χ3n) is 4.80. The standard InChI is InChI=1S/C21H17N3O3/c1-11-17(23-12(2)18(11)21(26)27)10-15-19-14(13-6-8-22-9-7-13)4-3-5-16(19)24-20(15)25/h3-10,23H,1-2H3,(H,24,25)(H,26,27). The van der Waals surface area contributed by atoms with Crippen LogP contribution in [0.2, 0.25) is 0 Å². The highest BCUT2D eigenvalue weighted by atomic mass is 16.4. The lowest BCUT2D eigenvalue weighted by Crippen LogP contribution is -2.03. The summed E-state index contributed by atoms with van der Waals surface area (Å²) < 4.78 is 0. The summed E-state index contributed by atoms with van der Waals surface area (Å²) in [6, 6.07) is 9.49. The van der Waals surface area contributed by atoms with E-state index in [2.05, 4.69) is 15.3 Å². The lowest BCUT2D eigenvalue weighted by molar-refractivity contribution is -0.110. The molecule has 4 rings (SSSR count). The summed E-state index contributed by atoms with van der Waals surface area (Å²) in [5.41, 5.74) is 5.93. The van der Waals surface area contributed by atoms with Crippen molar-refractivity contribution in [1.29, 1.82) is 0 Å². The summed E-state index contributed by atoms with van der Waals surface area (Å²) in [6.07, 6.45) is 5.14. The van der Waals surface area contributed by atoms with E-state index in [1.54, 1.807) is 32.3 Å². The Kier molecular flexibility index (Phi) is 3.88. The van der Waals surface area contributed by atoms with Crippen molar-refractivity contribution in [1.82, 2.24) is 9.97 Å². The van der Waals surface area contributed by atoms with E-state index in [-0.39, 0.29) is 11.5 Å². The highest BCUT2D eigenvalue weighted by Gasteiger charge is 2.28. The van der Waals surface area contributed by atoms with Crippen LogP contribution >= 0.6 is 0 Å². The number of aromatic nitrogens is 2. The number of benzene rings is 1. The monoisotopic (exact) mass is 359 g/mol. The van der Waals surface area contributed by atoms with Crippen molar-refractivity contribution in [2.75, 3.05) is 5.32 Å². The van der Waals surface area contributed by atoms with Gasteiger partial charge in [-0.2, -0.15) is 0 Å². The van der Waals surface area contributed by atoms with Gasteiger partial charge in [-0.3, -0.25) is 9.78 Å². The number of anilines is 1. The first-order valence-corrected chi connectivity index (χ1v) is 8.46. The molecule has 0 saturated heterocycles. The number of carboxylic acids is 1. The van der Waals surface area contributed by atoms with Gasteiger partial charge in [-0.05, 0) is 54.8 Å². The molecule has 0 unspecified atom stereocenters. The van der Waals surface area contributed by atoms with Gasteiger partial charge in [0.2, 0.25) is 0 Å². The molecule has 0 atom stereocenters. The number of carbonyl (C=O) groups excluding carboxylic acids is 1. The van der Waals surface area contributed by atoms with Crippen LogP contribution in [0.4, 0.5) is 5.69 Å². The Hall–Kier alpha value is -3.67. The van der Waals surface area contributed by atoms with Gasteiger partial charge >= 0.3 is 5.97 Å². The van der Waals surface area contributed by atoms with Crippen molar-refractivity contribution in [2.24, 2.45) is 0 Å². The van der Waals surface area contributed by atoms with Crippen molar-refractivity contribution < 1.29 is 14.7 Å². The predicted octanol–water partition coefficient (Wildman–Crippen LogP) is 3.88. The number of carboxylic acid groups (broad SMARTS) is 1. The fourth-order valence-electron chi connectivity index (χ4n) is 3.54. The maximum Gasteiger partial charge on any atom is 0.337 e. The smallest absolute Gasteiger partial charge is 0.337 e. The Labute approximate surface area is 155 Å². The van der Waals surface area contributed by atoms with Crippen LogP contribution in [-0.2, 0) is 4.79 Å². The summed E-state index contributed by atoms with van der Waals surface area (Å²) in [4.78, 5) is 31.2. The molecule has 1 aliphatic rings. The number of aryl methyl sites for hydroxylation is 1. The summed E-state index contributed by atoms with van der Waals surface area (Å²) >= 11 is 0. The average Bonchev–Trinajstić information content (AvgIpc) is 3.11. The molecule has 1 aliphatic heterocycles. The number of rotatable bonds is 3. The Morgan fingerprint density at radius 1 is 1.15 bits per heavy atom. The lowest BCUT2D eigenvalue weighted by atomic mass is 9.94. The van der Waals surface area contributed by atoms with Gasteiger partial charge in [0.1, 0.15) is 0 Å². The maximum atomic E-state index is 12.6. The van der Waals surface area contributed by atoms with Crippen LogP contribution in [0.25, 0.3) is 22.8 Å². The van der Waals surface area contributed by atoms with Gasteiger partial charge in [0.05, 0.1) is 11.1 Å². The molecule has 1 amide bonds. The molecule has 0 spiro atoms. The zero-order valence-electron chi connectivity index (χ0n) is 14.8. The second kappa shape index (κ2) is 6.25. The highest BCUT2D eigenvalue weighted by Crippen LogP contribution is 2.40. The van der Waals surface area contributed by atoms with Gasteiger partial charge in [0.15, 0.2) is 0 Å². The second-order valence-electron chi connectivity index (χ2n) is 6.44. The SMILES string of the molecule is Cc1[nH]c(C=C2C(=O)Nc3cccc(-c4ccncc4)c32)c(C)c1C(=O)O. The number of H-pyrrole nitrogens is 1. The number of fused-ring (bicyclic) bond motifs is 1. The van der Waals surface area contributed by atoms with Gasteiger partial charge < -0.3 is 15.4 Å². The zero-order valence-corrected chi connectivity index (χ0v) is 14.8. The third kappa shape index (κ3) is 2.71. The average molecular weight is 359 g/mol. The molecule has 0 fully saturated rings. The molecule has 6 heteroatoms. The first kappa shape index (κ1) is 16.8. The van der Waals surface area contributed by atoms with E-state index in [1.165, 1.54) is 0 Å². The molecule has 0 aliphatic carbocycles. The highest BCUT2D eigenvalue weighted by molar-refractivity contribution is 6.36. The Bertz CT molecular complexity index is 1110. The van der Waals surface area contributed by atoms with Gasteiger partial charge in [-0.15, -0.1) is 0 Å². The van der Waals surface area contributed by atoms with Crippen LogP contribution in [0.5, 0.6) is 0 Å². The van der Waals surface area contributed by atoms with E-state index in [4.69, 9.17) is 0 Å². The van der Waals surface area contributed by atoms with Gasteiger partial charge in [0.25, 0.3) is 5.91 Å². The third-order valence-corrected chi connectivity index (χ3v) is 4.80. The maximum absolute atomic E-state index is 12.6. The zero-order chi connectivity index (χ0) is 19.1. The van der Waals surface area contributed by atoms with E-state index in [0.29, 0.717) is 22.5 Å². The number of hydrogen-bond donors (Lipinski definition) is 3. The van der Waals surface area contributed by atoms with Crippen LogP contribution in [0, 0.1) is 13.8 Å². The molecular weight excluding hydrogens is 342 g/mol. The lowest BCUT2D eigenvalue weighted by Gasteiger charge is -2.08. The molecule has 27 heavy (non-hydrogen) atoms. The molecule has 2 aromatic heterocycles. The molecule has 1 aromatic carbocycles. The molecule has 6 nitrogen and oxygen atoms in total. The molecule has 0 saturated carbocycles. The molecule has 0 radical (unpaired) electrons. The minimum absolute atomic E-state index is 0.213. The van der Waals surface area contributed by atoms with Crippen LogP contribution in [0.3, 0.4) is 0 Å². The van der Waals surface area contributed by atoms with Crippen molar-refractivity contribution in [3.8, 4) is 11.1 Å². The molecule has 0 bridgehead atoms. The number of nitrogens with one attached hydrogen (secondary N) is 2. The molecule has 134 valence electrons. The van der Waals surface area contributed by atoms with Crippen LogP contribution in [0.15, 0.2) is 42.7 Å². The minimum atomic E-state index is -0.986. The van der Waals surface area contributed by atoms with Crippen molar-refractivity contribution in [2.45, 2.75) is 13.8 Å². The van der Waals surface area contributed by atoms with Crippen LogP contribution < -0.4 is 5.32 Å². The summed E-state index contributed by atoms with van der Waals surface area (Å²) in [6.45, 7) is 3.45. The summed E-state index contributed by atoms with van der Waals surface area (Å²) in [5, 5.41) is 12.3. The summed E-state index contributed by atoms with van der Waals surface area (Å²) in [5.74, 6) is -1.20. The van der Waals surface area contributed by atoms with Crippen LogP contribution in [-0.4, -0.2) is 27.0 Å². The summed E-state index contributed by atoms with van der Waals surface area (Å²) in [7, 11) is 0. The van der Waals surface area contributed by atoms with E-state index < -0.39 is 5.97 Å². The first-order chi connectivity index (χ1) is 13.0.